The fraction of sp³-hybridized carbons (Fsp3) is 0.538. The number of hydrogen-bond donors (Lipinski definition) is 1. The van der Waals surface area contributed by atoms with Gasteiger partial charge in [-0.25, -0.2) is 13.2 Å². The number of hydrogen-bond acceptors (Lipinski definition) is 2. The van der Waals surface area contributed by atoms with Crippen LogP contribution >= 0.6 is 15.9 Å². The van der Waals surface area contributed by atoms with Crippen LogP contribution < -0.4 is 5.32 Å². The lowest BCUT2D eigenvalue weighted by Crippen LogP contribution is -2.37. The number of halogens is 6. The third-order valence-corrected chi connectivity index (χ3v) is 3.32. The monoisotopic (exact) mass is 375 g/mol. The van der Waals surface area contributed by atoms with Crippen molar-refractivity contribution in [2.24, 2.45) is 0 Å². The van der Waals surface area contributed by atoms with Crippen LogP contribution in [0.15, 0.2) is 22.7 Å². The Balaban J connectivity index is 2.52. The summed E-state index contributed by atoms with van der Waals surface area (Å²) >= 11 is 3.12. The molecule has 0 heterocycles. The highest BCUT2D eigenvalue weighted by Crippen LogP contribution is 2.23. The van der Waals surface area contributed by atoms with Gasteiger partial charge in [0.2, 0.25) is 0 Å². The van der Waals surface area contributed by atoms with Crippen molar-refractivity contribution in [3.8, 4) is 0 Å². The smallest absolute Gasteiger partial charge is 0.330 e. The highest BCUT2D eigenvalue weighted by molar-refractivity contribution is 9.10. The summed E-state index contributed by atoms with van der Waals surface area (Å²) in [4.78, 5) is 0. The van der Waals surface area contributed by atoms with Crippen LogP contribution in [0.5, 0.6) is 0 Å². The van der Waals surface area contributed by atoms with Crippen LogP contribution in [0, 0.1) is 5.82 Å². The van der Waals surface area contributed by atoms with Crippen LogP contribution in [0.1, 0.15) is 5.56 Å². The van der Waals surface area contributed by atoms with Gasteiger partial charge in [-0.1, -0.05) is 22.0 Å². The summed E-state index contributed by atoms with van der Waals surface area (Å²) in [5, 5.41) is 2.77. The van der Waals surface area contributed by atoms with Crippen molar-refractivity contribution in [1.29, 1.82) is 0 Å². The Kier molecular flexibility index (Phi) is 7.02. The van der Waals surface area contributed by atoms with Crippen molar-refractivity contribution < 1.29 is 26.7 Å². The molecule has 8 heteroatoms. The minimum Gasteiger partial charge on any atom is -0.373 e. The summed E-state index contributed by atoms with van der Waals surface area (Å²) in [6, 6.07) is 4.02. The second-order valence-corrected chi connectivity index (χ2v) is 5.42. The number of alkyl halides is 4. The number of nitrogens with one attached hydrogen (secondary N) is 1. The average molecular weight is 376 g/mol. The maximum Gasteiger partial charge on any atom is 0.330 e. The van der Waals surface area contributed by atoms with Crippen LogP contribution in [-0.4, -0.2) is 38.7 Å². The van der Waals surface area contributed by atoms with Crippen molar-refractivity contribution in [3.05, 3.63) is 34.1 Å². The molecule has 1 N–H and O–H groups in total. The van der Waals surface area contributed by atoms with Gasteiger partial charge < -0.3 is 10.1 Å². The molecule has 0 spiro atoms. The van der Waals surface area contributed by atoms with Gasteiger partial charge in [0, 0.05) is 10.5 Å². The molecule has 0 aliphatic heterocycles. The molecule has 1 aromatic carbocycles. The van der Waals surface area contributed by atoms with E-state index in [-0.39, 0.29) is 13.0 Å². The number of rotatable bonds is 8. The van der Waals surface area contributed by atoms with E-state index in [0.717, 1.165) is 0 Å². The zero-order valence-electron chi connectivity index (χ0n) is 11.2. The lowest BCUT2D eigenvalue weighted by molar-refractivity contribution is -0.166. The first-order chi connectivity index (χ1) is 9.76. The Hall–Kier alpha value is -0.730. The summed E-state index contributed by atoms with van der Waals surface area (Å²) < 4.78 is 68.1. The Morgan fingerprint density at radius 2 is 2.00 bits per heavy atom. The van der Waals surface area contributed by atoms with Gasteiger partial charge >= 0.3 is 12.3 Å². The maximum absolute atomic E-state index is 13.6. The highest BCUT2D eigenvalue weighted by atomic mass is 79.9. The Labute approximate surface area is 127 Å². The third kappa shape index (κ3) is 5.88. The SMILES string of the molecule is CNC(COCC(F)(F)C(F)F)Cc1ccc(Br)cc1F. The standard InChI is InChI=1S/C13H15BrF5NO/c1-20-10(6-21-7-13(18,19)12(16)17)4-8-2-3-9(14)5-11(8)15/h2-3,5,10,12,20H,4,6-7H2,1H3. The first kappa shape index (κ1) is 18.3. The predicted molar refractivity (Wildman–Crippen MR) is 72.4 cm³/mol. The first-order valence-corrected chi connectivity index (χ1v) is 6.90. The fourth-order valence-corrected chi connectivity index (χ4v) is 1.93. The van der Waals surface area contributed by atoms with Gasteiger partial charge in [-0.15, -0.1) is 0 Å². The van der Waals surface area contributed by atoms with E-state index in [2.05, 4.69) is 26.0 Å². The summed E-state index contributed by atoms with van der Waals surface area (Å²) in [5.41, 5.74) is 0.377. The minimum atomic E-state index is -4.18. The molecule has 0 saturated heterocycles. The molecular formula is C13H15BrF5NO. The molecular weight excluding hydrogens is 361 g/mol. The Morgan fingerprint density at radius 1 is 1.33 bits per heavy atom. The van der Waals surface area contributed by atoms with Crippen molar-refractivity contribution in [3.63, 3.8) is 0 Å². The number of ether oxygens (including phenoxy) is 1. The summed E-state index contributed by atoms with van der Waals surface area (Å²) in [6.45, 7) is -1.60. The third-order valence-electron chi connectivity index (χ3n) is 2.82. The van der Waals surface area contributed by atoms with Gasteiger partial charge in [0.25, 0.3) is 0 Å². The van der Waals surface area contributed by atoms with E-state index in [9.17, 15) is 22.0 Å². The van der Waals surface area contributed by atoms with E-state index in [1.807, 2.05) is 0 Å². The topological polar surface area (TPSA) is 21.3 Å². The van der Waals surface area contributed by atoms with Crippen molar-refractivity contribution in [2.45, 2.75) is 24.8 Å². The van der Waals surface area contributed by atoms with Gasteiger partial charge in [0.05, 0.1) is 6.61 Å². The summed E-state index contributed by atoms with van der Waals surface area (Å²) in [5.74, 6) is -4.62. The second-order valence-electron chi connectivity index (χ2n) is 4.50. The molecule has 1 aromatic rings. The molecule has 0 bridgehead atoms. The molecule has 120 valence electrons. The van der Waals surface area contributed by atoms with Crippen molar-refractivity contribution >= 4 is 15.9 Å². The molecule has 2 nitrogen and oxygen atoms in total. The van der Waals surface area contributed by atoms with E-state index in [1.54, 1.807) is 19.2 Å². The quantitative estimate of drug-likeness (QED) is 0.700. The maximum atomic E-state index is 13.6. The van der Waals surface area contributed by atoms with Crippen molar-refractivity contribution in [1.82, 2.24) is 5.32 Å². The van der Waals surface area contributed by atoms with Crippen LogP contribution in [-0.2, 0) is 11.2 Å². The lowest BCUT2D eigenvalue weighted by Gasteiger charge is -2.20. The van der Waals surface area contributed by atoms with Crippen molar-refractivity contribution in [2.75, 3.05) is 20.3 Å². The largest absolute Gasteiger partial charge is 0.373 e. The Bertz CT molecular complexity index is 458. The molecule has 1 rings (SSSR count). The zero-order chi connectivity index (χ0) is 16.0. The van der Waals surface area contributed by atoms with Crippen LogP contribution in [0.2, 0.25) is 0 Å². The summed E-state index contributed by atoms with van der Waals surface area (Å²) in [7, 11) is 1.55. The molecule has 0 amide bonds. The summed E-state index contributed by atoms with van der Waals surface area (Å²) in [6.07, 6.45) is -3.58. The number of benzene rings is 1. The lowest BCUT2D eigenvalue weighted by atomic mass is 10.1. The molecule has 0 aliphatic rings. The van der Waals surface area contributed by atoms with E-state index in [4.69, 9.17) is 0 Å². The normalized spacial score (nSPS) is 13.7. The highest BCUT2D eigenvalue weighted by Gasteiger charge is 2.41. The number of likely N-dealkylation sites (N-methyl/N-ethyl adjacent to an activating group) is 1. The average Bonchev–Trinajstić information content (AvgIpc) is 2.39. The van der Waals surface area contributed by atoms with Crippen LogP contribution in [0.3, 0.4) is 0 Å². The van der Waals surface area contributed by atoms with E-state index in [0.29, 0.717) is 10.0 Å². The molecule has 0 aromatic heterocycles. The van der Waals surface area contributed by atoms with Gasteiger partial charge in [0.1, 0.15) is 12.4 Å². The van der Waals surface area contributed by atoms with E-state index < -0.39 is 30.8 Å². The van der Waals surface area contributed by atoms with E-state index in [1.165, 1.54) is 6.07 Å². The first-order valence-electron chi connectivity index (χ1n) is 6.11. The molecule has 0 saturated carbocycles. The molecule has 1 atom stereocenters. The van der Waals surface area contributed by atoms with Gasteiger partial charge in [-0.2, -0.15) is 8.78 Å². The van der Waals surface area contributed by atoms with E-state index >= 15 is 0 Å². The fourth-order valence-electron chi connectivity index (χ4n) is 1.60. The molecule has 0 radical (unpaired) electrons. The zero-order valence-corrected chi connectivity index (χ0v) is 12.8. The molecule has 1 unspecified atom stereocenters. The van der Waals surface area contributed by atoms with Gasteiger partial charge in [-0.05, 0) is 31.2 Å². The predicted octanol–water partition coefficient (Wildman–Crippen LogP) is 3.64. The second kappa shape index (κ2) is 8.05. The molecule has 0 aliphatic carbocycles. The molecule has 21 heavy (non-hydrogen) atoms. The van der Waals surface area contributed by atoms with Crippen LogP contribution in [0.25, 0.3) is 0 Å². The minimum absolute atomic E-state index is 0.190. The van der Waals surface area contributed by atoms with Crippen LogP contribution in [0.4, 0.5) is 22.0 Å². The molecule has 0 fully saturated rings. The Morgan fingerprint density at radius 3 is 2.52 bits per heavy atom. The van der Waals surface area contributed by atoms with Gasteiger partial charge in [0.15, 0.2) is 0 Å². The van der Waals surface area contributed by atoms with Gasteiger partial charge in [-0.3, -0.25) is 0 Å².